The van der Waals surface area contributed by atoms with Crippen molar-refractivity contribution in [1.82, 2.24) is 0 Å². The summed E-state index contributed by atoms with van der Waals surface area (Å²) in [5.74, 6) is 0.823. The monoisotopic (exact) mass is 326 g/mol. The predicted octanol–water partition coefficient (Wildman–Crippen LogP) is 3.82. The molecule has 0 amide bonds. The van der Waals surface area contributed by atoms with Gasteiger partial charge in [0.25, 0.3) is 0 Å². The fraction of sp³-hybridized carbons (Fsp3) is 0.105. The third-order valence-corrected chi connectivity index (χ3v) is 3.60. The summed E-state index contributed by atoms with van der Waals surface area (Å²) in [5, 5.41) is 0. The lowest BCUT2D eigenvalue weighted by molar-refractivity contribution is -0.130. The molecule has 0 radical (unpaired) electrons. The van der Waals surface area contributed by atoms with E-state index in [4.69, 9.17) is 14.2 Å². The Bertz CT molecular complexity index is 835. The predicted molar refractivity (Wildman–Crippen MR) is 88.0 cm³/mol. The zero-order valence-electron chi connectivity index (χ0n) is 13.2. The van der Waals surface area contributed by atoms with Gasteiger partial charge in [-0.05, 0) is 54.6 Å². The number of ether oxygens (including phenoxy) is 3. The van der Waals surface area contributed by atoms with Crippen molar-refractivity contribution in [2.45, 2.75) is 0 Å². The molecule has 0 spiro atoms. The molecule has 122 valence electrons. The summed E-state index contributed by atoms with van der Waals surface area (Å²) in [7, 11) is 3.12. The number of hydrogen-bond acceptors (Lipinski definition) is 4. The van der Waals surface area contributed by atoms with Gasteiger partial charge in [0.05, 0.1) is 19.8 Å². The van der Waals surface area contributed by atoms with E-state index in [2.05, 4.69) is 0 Å². The maximum absolute atomic E-state index is 13.0. The highest BCUT2D eigenvalue weighted by Gasteiger charge is 2.22. The Morgan fingerprint density at radius 1 is 1.04 bits per heavy atom. The lowest BCUT2D eigenvalue weighted by Gasteiger charge is -2.07. The van der Waals surface area contributed by atoms with Crippen molar-refractivity contribution in [3.63, 3.8) is 0 Å². The molecule has 0 aromatic heterocycles. The number of esters is 1. The smallest absolute Gasteiger partial charge is 0.343 e. The van der Waals surface area contributed by atoms with Crippen LogP contribution in [0.4, 0.5) is 4.39 Å². The standard InChI is InChI=1S/C19H15FO4/c1-22-16-7-8-17(23-2)13(10-16)9-14-11-18(24-19(14)21)12-3-5-15(20)6-4-12/h3-11H,1-2H3/b14-9+. The van der Waals surface area contributed by atoms with Crippen LogP contribution in [-0.4, -0.2) is 20.2 Å². The number of halogens is 1. The van der Waals surface area contributed by atoms with Gasteiger partial charge < -0.3 is 14.2 Å². The molecule has 2 aromatic rings. The Labute approximate surface area is 138 Å². The zero-order valence-corrected chi connectivity index (χ0v) is 13.2. The lowest BCUT2D eigenvalue weighted by Crippen LogP contribution is -1.98. The van der Waals surface area contributed by atoms with Gasteiger partial charge in [0.1, 0.15) is 23.1 Å². The summed E-state index contributed by atoms with van der Waals surface area (Å²) in [6, 6.07) is 11.0. The summed E-state index contributed by atoms with van der Waals surface area (Å²) in [5.41, 5.74) is 1.70. The average Bonchev–Trinajstić information content (AvgIpc) is 2.96. The molecule has 0 bridgehead atoms. The fourth-order valence-corrected chi connectivity index (χ4v) is 2.37. The molecule has 0 aliphatic carbocycles. The van der Waals surface area contributed by atoms with Gasteiger partial charge in [0, 0.05) is 11.1 Å². The first kappa shape index (κ1) is 15.8. The number of carbonyl (C=O) groups is 1. The van der Waals surface area contributed by atoms with E-state index in [1.165, 1.54) is 12.1 Å². The summed E-state index contributed by atoms with van der Waals surface area (Å²) in [6.07, 6.45) is 3.29. The molecule has 0 N–H and O–H groups in total. The average molecular weight is 326 g/mol. The van der Waals surface area contributed by atoms with Gasteiger partial charge in [-0.1, -0.05) is 0 Å². The molecule has 2 aromatic carbocycles. The minimum Gasteiger partial charge on any atom is -0.497 e. The molecule has 24 heavy (non-hydrogen) atoms. The third-order valence-electron chi connectivity index (χ3n) is 3.60. The minimum atomic E-state index is -0.473. The topological polar surface area (TPSA) is 44.8 Å². The van der Waals surface area contributed by atoms with E-state index < -0.39 is 5.97 Å². The highest BCUT2D eigenvalue weighted by molar-refractivity contribution is 6.05. The normalized spacial score (nSPS) is 15.2. The van der Waals surface area contributed by atoms with Crippen molar-refractivity contribution in [3.05, 3.63) is 71.1 Å². The number of benzene rings is 2. The second-order valence-electron chi connectivity index (χ2n) is 5.11. The van der Waals surface area contributed by atoms with Crippen molar-refractivity contribution in [2.24, 2.45) is 0 Å². The van der Waals surface area contributed by atoms with Crippen LogP contribution in [0.3, 0.4) is 0 Å². The van der Waals surface area contributed by atoms with Gasteiger partial charge in [0.15, 0.2) is 0 Å². The molecule has 0 atom stereocenters. The van der Waals surface area contributed by atoms with E-state index in [-0.39, 0.29) is 5.82 Å². The summed E-state index contributed by atoms with van der Waals surface area (Å²) < 4.78 is 28.8. The second kappa shape index (κ2) is 6.58. The van der Waals surface area contributed by atoms with Crippen molar-refractivity contribution in [1.29, 1.82) is 0 Å². The first-order chi connectivity index (χ1) is 11.6. The van der Waals surface area contributed by atoms with Crippen LogP contribution in [0.15, 0.2) is 54.1 Å². The fourth-order valence-electron chi connectivity index (χ4n) is 2.37. The first-order valence-electron chi connectivity index (χ1n) is 7.24. The van der Waals surface area contributed by atoms with Crippen LogP contribution < -0.4 is 9.47 Å². The first-order valence-corrected chi connectivity index (χ1v) is 7.24. The van der Waals surface area contributed by atoms with Crippen molar-refractivity contribution < 1.29 is 23.4 Å². The number of methoxy groups -OCH3 is 2. The lowest BCUT2D eigenvalue weighted by atomic mass is 10.1. The molecule has 3 rings (SSSR count). The maximum Gasteiger partial charge on any atom is 0.343 e. The molecule has 0 saturated carbocycles. The van der Waals surface area contributed by atoms with Crippen LogP contribution in [0.5, 0.6) is 11.5 Å². The Morgan fingerprint density at radius 3 is 2.46 bits per heavy atom. The van der Waals surface area contributed by atoms with Crippen LogP contribution in [0, 0.1) is 5.82 Å². The van der Waals surface area contributed by atoms with Gasteiger partial charge in [-0.2, -0.15) is 0 Å². The van der Waals surface area contributed by atoms with Gasteiger partial charge in [-0.3, -0.25) is 0 Å². The molecule has 1 heterocycles. The van der Waals surface area contributed by atoms with E-state index in [1.807, 2.05) is 0 Å². The highest BCUT2D eigenvalue weighted by Crippen LogP contribution is 2.31. The number of carbonyl (C=O) groups excluding carboxylic acids is 1. The van der Waals surface area contributed by atoms with Crippen molar-refractivity contribution >= 4 is 17.8 Å². The molecule has 0 unspecified atom stereocenters. The Kier molecular flexibility index (Phi) is 4.33. The Hall–Kier alpha value is -3.08. The molecule has 4 nitrogen and oxygen atoms in total. The molecule has 0 saturated heterocycles. The Balaban J connectivity index is 1.98. The number of cyclic esters (lactones) is 1. The summed E-state index contributed by atoms with van der Waals surface area (Å²) in [6.45, 7) is 0. The van der Waals surface area contributed by atoms with E-state index in [0.29, 0.717) is 34.0 Å². The van der Waals surface area contributed by atoms with Gasteiger partial charge >= 0.3 is 5.97 Å². The molecule has 5 heteroatoms. The van der Waals surface area contributed by atoms with Crippen molar-refractivity contribution in [3.8, 4) is 11.5 Å². The largest absolute Gasteiger partial charge is 0.497 e. The SMILES string of the molecule is COc1ccc(OC)c(/C=C2\C=C(c3ccc(F)cc3)OC2=O)c1. The van der Waals surface area contributed by atoms with E-state index >= 15 is 0 Å². The zero-order chi connectivity index (χ0) is 17.1. The number of hydrogen-bond donors (Lipinski definition) is 0. The van der Waals surface area contributed by atoms with Crippen LogP contribution in [0.2, 0.25) is 0 Å². The third kappa shape index (κ3) is 3.15. The van der Waals surface area contributed by atoms with E-state index in [1.54, 1.807) is 56.7 Å². The summed E-state index contributed by atoms with van der Waals surface area (Å²) in [4.78, 5) is 12.1. The van der Waals surface area contributed by atoms with Crippen LogP contribution >= 0.6 is 0 Å². The van der Waals surface area contributed by atoms with Crippen LogP contribution in [0.1, 0.15) is 11.1 Å². The number of rotatable bonds is 4. The maximum atomic E-state index is 13.0. The highest BCUT2D eigenvalue weighted by atomic mass is 19.1. The molecule has 0 fully saturated rings. The molecule has 1 aliphatic heterocycles. The Morgan fingerprint density at radius 2 is 1.79 bits per heavy atom. The van der Waals surface area contributed by atoms with E-state index in [0.717, 1.165) is 0 Å². The quantitative estimate of drug-likeness (QED) is 0.633. The second-order valence-corrected chi connectivity index (χ2v) is 5.11. The molecular weight excluding hydrogens is 311 g/mol. The van der Waals surface area contributed by atoms with Crippen molar-refractivity contribution in [2.75, 3.05) is 14.2 Å². The molecule has 1 aliphatic rings. The van der Waals surface area contributed by atoms with Gasteiger partial charge in [0.2, 0.25) is 0 Å². The van der Waals surface area contributed by atoms with Gasteiger partial charge in [-0.15, -0.1) is 0 Å². The van der Waals surface area contributed by atoms with Crippen LogP contribution in [-0.2, 0) is 9.53 Å². The van der Waals surface area contributed by atoms with E-state index in [9.17, 15) is 9.18 Å². The summed E-state index contributed by atoms with van der Waals surface area (Å²) >= 11 is 0. The molecular formula is C19H15FO4. The van der Waals surface area contributed by atoms with Gasteiger partial charge in [-0.25, -0.2) is 9.18 Å². The minimum absolute atomic E-state index is 0.347. The van der Waals surface area contributed by atoms with Crippen LogP contribution in [0.25, 0.3) is 11.8 Å².